The number of carbonyl (C=O) groups excluding carboxylic acids is 2. The van der Waals surface area contributed by atoms with E-state index < -0.39 is 35.9 Å². The van der Waals surface area contributed by atoms with E-state index >= 15 is 0 Å². The first kappa shape index (κ1) is 29.4. The molecule has 0 radical (unpaired) electrons. The second-order valence-electron chi connectivity index (χ2n) is 9.72. The van der Waals surface area contributed by atoms with E-state index in [2.05, 4.69) is 5.32 Å². The van der Waals surface area contributed by atoms with Crippen LogP contribution in [0.15, 0.2) is 59.5 Å². The van der Waals surface area contributed by atoms with Gasteiger partial charge in [-0.25, -0.2) is 8.78 Å². The van der Waals surface area contributed by atoms with Crippen molar-refractivity contribution >= 4 is 29.1 Å². The van der Waals surface area contributed by atoms with Crippen LogP contribution in [0.3, 0.4) is 0 Å². The van der Waals surface area contributed by atoms with Crippen molar-refractivity contribution in [2.24, 2.45) is 5.73 Å². The summed E-state index contributed by atoms with van der Waals surface area (Å²) in [4.78, 5) is 38.4. The summed E-state index contributed by atoms with van der Waals surface area (Å²) in [5.74, 6) is -1.22. The van der Waals surface area contributed by atoms with Gasteiger partial charge in [-0.3, -0.25) is 14.4 Å². The van der Waals surface area contributed by atoms with Crippen LogP contribution in [0.4, 0.5) is 14.5 Å². The summed E-state index contributed by atoms with van der Waals surface area (Å²) in [7, 11) is 1.17. The number of hydrogen-bond donors (Lipinski definition) is 2. The van der Waals surface area contributed by atoms with Gasteiger partial charge in [-0.15, -0.1) is 0 Å². The predicted molar refractivity (Wildman–Crippen MR) is 148 cm³/mol. The Labute approximate surface area is 235 Å². The van der Waals surface area contributed by atoms with E-state index in [4.69, 9.17) is 26.8 Å². The molecule has 2 aromatic carbocycles. The molecule has 2 amide bonds. The maximum absolute atomic E-state index is 13.5. The Morgan fingerprint density at radius 3 is 2.48 bits per heavy atom. The van der Waals surface area contributed by atoms with Crippen LogP contribution in [0.5, 0.6) is 0 Å². The van der Waals surface area contributed by atoms with Gasteiger partial charge in [-0.1, -0.05) is 17.7 Å². The van der Waals surface area contributed by atoms with E-state index in [0.717, 1.165) is 11.1 Å². The number of halogens is 3. The van der Waals surface area contributed by atoms with Gasteiger partial charge in [-0.05, 0) is 79.3 Å². The first-order valence-electron chi connectivity index (χ1n) is 12.7. The lowest BCUT2D eigenvalue weighted by molar-refractivity contribution is -0.120. The summed E-state index contributed by atoms with van der Waals surface area (Å²) in [5, 5.41) is 3.22. The van der Waals surface area contributed by atoms with Crippen molar-refractivity contribution in [1.29, 1.82) is 0 Å². The molecule has 0 unspecified atom stereocenters. The van der Waals surface area contributed by atoms with Crippen LogP contribution in [-0.2, 0) is 27.3 Å². The fourth-order valence-electron chi connectivity index (χ4n) is 4.79. The molecule has 0 saturated heterocycles. The number of primary amides is 1. The molecule has 0 aliphatic carbocycles. The first-order valence-corrected chi connectivity index (χ1v) is 13.1. The highest BCUT2D eigenvalue weighted by atomic mass is 35.5. The number of aromatic nitrogens is 1. The summed E-state index contributed by atoms with van der Waals surface area (Å²) in [6.45, 7) is 2.11. The maximum Gasteiger partial charge on any atom is 0.264 e. The third-order valence-corrected chi connectivity index (χ3v) is 7.17. The number of nitrogens with two attached hydrogens (primary N) is 1. The van der Waals surface area contributed by atoms with Crippen LogP contribution in [0.2, 0.25) is 5.02 Å². The third-order valence-electron chi connectivity index (χ3n) is 6.94. The van der Waals surface area contributed by atoms with Crippen molar-refractivity contribution in [3.63, 3.8) is 0 Å². The molecule has 3 aromatic rings. The lowest BCUT2D eigenvalue weighted by atomic mass is 9.92. The molecule has 4 rings (SSSR count). The van der Waals surface area contributed by atoms with Gasteiger partial charge in [0, 0.05) is 41.2 Å². The summed E-state index contributed by atoms with van der Waals surface area (Å²) in [6.07, 6.45) is -2.41. The quantitative estimate of drug-likeness (QED) is 0.375. The van der Waals surface area contributed by atoms with Gasteiger partial charge in [0.25, 0.3) is 12.0 Å². The number of fused-ring (bicyclic) bond motifs is 3. The minimum atomic E-state index is -2.77. The molecular formula is C29H30ClF2N3O5. The smallest absolute Gasteiger partial charge is 0.264 e. The van der Waals surface area contributed by atoms with Gasteiger partial charge in [-0.2, -0.15) is 0 Å². The van der Waals surface area contributed by atoms with E-state index in [1.165, 1.54) is 42.0 Å². The zero-order valence-electron chi connectivity index (χ0n) is 22.0. The predicted octanol–water partition coefficient (Wildman–Crippen LogP) is 4.97. The highest BCUT2D eigenvalue weighted by Crippen LogP contribution is 2.33. The average molecular weight is 574 g/mol. The molecule has 0 saturated carbocycles. The Hall–Kier alpha value is -3.60. The molecule has 3 N–H and O–H groups in total. The Morgan fingerprint density at radius 1 is 1.12 bits per heavy atom. The second-order valence-corrected chi connectivity index (χ2v) is 10.2. The van der Waals surface area contributed by atoms with E-state index in [1.807, 2.05) is 13.0 Å². The van der Waals surface area contributed by atoms with Gasteiger partial charge in [0.1, 0.15) is 12.1 Å². The summed E-state index contributed by atoms with van der Waals surface area (Å²) in [5.41, 5.74) is 8.43. The number of anilines is 1. The number of carbonyl (C=O) groups is 2. The van der Waals surface area contributed by atoms with Gasteiger partial charge >= 0.3 is 0 Å². The van der Waals surface area contributed by atoms with Gasteiger partial charge < -0.3 is 25.1 Å². The number of nitrogens with zero attached hydrogens (tertiary/aromatic N) is 1. The molecule has 0 bridgehead atoms. The molecule has 0 fully saturated rings. The summed E-state index contributed by atoms with van der Waals surface area (Å²) >= 11 is 6.28. The standard InChI is InChI=1S/C29H30ClF2N3O5/c1-16-11-18-3-6-20(30)12-22(18)23-13-26(36)35(14-19(23)15-40-16)24(9-10-25(39-2)27(31)32)29(38)34-21-7-4-17(5-8-21)28(33)37/h3-8,12-14,16,24-25,27H,9-11,15H2,1-2H3,(H2,33,37)(H,34,38)/t16-,24+,25-/m1/s1. The molecule has 1 aliphatic rings. The molecule has 8 nitrogen and oxygen atoms in total. The number of nitrogens with one attached hydrogen (secondary N) is 1. The minimum Gasteiger partial charge on any atom is -0.376 e. The van der Waals surface area contributed by atoms with Crippen LogP contribution in [-0.4, -0.2) is 42.1 Å². The minimum absolute atomic E-state index is 0.105. The molecule has 2 heterocycles. The largest absolute Gasteiger partial charge is 0.376 e. The number of hydrogen-bond acceptors (Lipinski definition) is 5. The fraction of sp³-hybridized carbons (Fsp3) is 0.345. The van der Waals surface area contributed by atoms with Crippen molar-refractivity contribution in [2.75, 3.05) is 12.4 Å². The fourth-order valence-corrected chi connectivity index (χ4v) is 4.96. The highest BCUT2D eigenvalue weighted by Gasteiger charge is 2.28. The number of methoxy groups -OCH3 is 1. The topological polar surface area (TPSA) is 113 Å². The van der Waals surface area contributed by atoms with Crippen LogP contribution >= 0.6 is 11.6 Å². The van der Waals surface area contributed by atoms with E-state index in [9.17, 15) is 23.2 Å². The highest BCUT2D eigenvalue weighted by molar-refractivity contribution is 6.30. The van der Waals surface area contributed by atoms with Crippen LogP contribution in [0, 0.1) is 0 Å². The molecule has 1 aromatic heterocycles. The maximum atomic E-state index is 13.5. The molecule has 40 heavy (non-hydrogen) atoms. The average Bonchev–Trinajstić information content (AvgIpc) is 2.91. The Bertz CT molecular complexity index is 1440. The molecule has 212 valence electrons. The van der Waals surface area contributed by atoms with Gasteiger partial charge in [0.2, 0.25) is 11.8 Å². The third kappa shape index (κ3) is 6.75. The van der Waals surface area contributed by atoms with E-state index in [1.54, 1.807) is 18.3 Å². The van der Waals surface area contributed by atoms with Crippen molar-refractivity contribution in [2.45, 2.75) is 57.5 Å². The number of ether oxygens (including phenoxy) is 2. The lowest BCUT2D eigenvalue weighted by Gasteiger charge is -2.26. The van der Waals surface area contributed by atoms with E-state index in [-0.39, 0.29) is 31.1 Å². The lowest BCUT2D eigenvalue weighted by Crippen LogP contribution is -2.35. The molecular weight excluding hydrogens is 544 g/mol. The van der Waals surface area contributed by atoms with Gasteiger partial charge in [0.05, 0.1) is 12.7 Å². The molecule has 3 atom stereocenters. The van der Waals surface area contributed by atoms with Gasteiger partial charge in [0.15, 0.2) is 0 Å². The van der Waals surface area contributed by atoms with Crippen LogP contribution in [0.1, 0.15) is 47.3 Å². The van der Waals surface area contributed by atoms with Crippen LogP contribution < -0.4 is 16.6 Å². The molecule has 0 spiro atoms. The normalized spacial score (nSPS) is 16.3. The second kappa shape index (κ2) is 12.7. The van der Waals surface area contributed by atoms with Crippen LogP contribution in [0.25, 0.3) is 11.1 Å². The first-order chi connectivity index (χ1) is 19.1. The monoisotopic (exact) mass is 573 g/mol. The summed E-state index contributed by atoms with van der Waals surface area (Å²) in [6, 6.07) is 11.6. The van der Waals surface area contributed by atoms with Crippen molar-refractivity contribution in [3.8, 4) is 11.1 Å². The number of benzene rings is 2. The number of alkyl halides is 2. The van der Waals surface area contributed by atoms with Crippen molar-refractivity contribution in [1.82, 2.24) is 4.57 Å². The number of rotatable bonds is 9. The van der Waals surface area contributed by atoms with Crippen molar-refractivity contribution < 1.29 is 27.8 Å². The Balaban J connectivity index is 1.74. The number of pyridine rings is 1. The SMILES string of the molecule is CO[C@H](CC[C@@H](C(=O)Nc1ccc(C(N)=O)cc1)n1cc2c(cc1=O)-c1cc(Cl)ccc1C[C@@H](C)OC2)C(F)F. The van der Waals surface area contributed by atoms with E-state index in [0.29, 0.717) is 28.3 Å². The summed E-state index contributed by atoms with van der Waals surface area (Å²) < 4.78 is 39.0. The Morgan fingerprint density at radius 2 is 1.82 bits per heavy atom. The number of amides is 2. The zero-order chi connectivity index (χ0) is 29.0. The van der Waals surface area contributed by atoms with Crippen molar-refractivity contribution in [3.05, 3.63) is 86.8 Å². The molecule has 1 aliphatic heterocycles. The Kier molecular flexibility index (Phi) is 9.34. The zero-order valence-corrected chi connectivity index (χ0v) is 22.8. The molecule has 11 heteroatoms.